The van der Waals surface area contributed by atoms with Gasteiger partial charge in [0.1, 0.15) is 6.79 Å². The first kappa shape index (κ1) is 21.1. The van der Waals surface area contributed by atoms with Crippen molar-refractivity contribution in [2.45, 2.75) is 64.0 Å². The molecule has 0 saturated carbocycles. The molecule has 1 aromatic carbocycles. The summed E-state index contributed by atoms with van der Waals surface area (Å²) in [5.74, 6) is 0. The molecule has 3 nitrogen and oxygen atoms in total. The molecule has 0 saturated heterocycles. The molecular formula is C20H34O3Si. The van der Waals surface area contributed by atoms with Crippen LogP contribution < -0.4 is 0 Å². The summed E-state index contributed by atoms with van der Waals surface area (Å²) >= 11 is 0. The summed E-state index contributed by atoms with van der Waals surface area (Å²) in [7, 11) is -0.191. The molecule has 0 N–H and O–H groups in total. The molecule has 0 heterocycles. The molecule has 0 aliphatic rings. The fraction of sp³-hybridized carbons (Fsp3) is 0.600. The van der Waals surface area contributed by atoms with Gasteiger partial charge in [-0.2, -0.15) is 0 Å². The van der Waals surface area contributed by atoms with Crippen LogP contribution in [0.5, 0.6) is 0 Å². The maximum Gasteiger partial charge on any atom is 0.192 e. The van der Waals surface area contributed by atoms with Crippen molar-refractivity contribution >= 4 is 8.32 Å². The monoisotopic (exact) mass is 350 g/mol. The third kappa shape index (κ3) is 6.52. The molecule has 2 atom stereocenters. The average Bonchev–Trinajstić information content (AvgIpc) is 2.51. The Kier molecular flexibility index (Phi) is 8.37. The van der Waals surface area contributed by atoms with Crippen LogP contribution >= 0.6 is 0 Å². The van der Waals surface area contributed by atoms with E-state index in [-0.39, 0.29) is 24.0 Å². The summed E-state index contributed by atoms with van der Waals surface area (Å²) in [6, 6.07) is 10.3. The van der Waals surface area contributed by atoms with Crippen LogP contribution in [0.1, 0.15) is 45.3 Å². The molecule has 136 valence electrons. The number of hydrogen-bond acceptors (Lipinski definition) is 3. The maximum absolute atomic E-state index is 6.62. The first-order valence-corrected chi connectivity index (χ1v) is 11.6. The minimum atomic E-state index is -1.84. The molecule has 0 aromatic heterocycles. The van der Waals surface area contributed by atoms with E-state index < -0.39 is 8.32 Å². The minimum absolute atomic E-state index is 0.0409. The van der Waals surface area contributed by atoms with E-state index in [1.165, 1.54) is 0 Å². The van der Waals surface area contributed by atoms with Gasteiger partial charge < -0.3 is 13.9 Å². The zero-order chi connectivity index (χ0) is 18.2. The molecule has 1 aromatic rings. The fourth-order valence-electron chi connectivity index (χ4n) is 2.33. The summed E-state index contributed by atoms with van der Waals surface area (Å²) in [6.07, 6.45) is 3.63. The maximum atomic E-state index is 6.62. The first-order valence-electron chi connectivity index (χ1n) is 8.65. The summed E-state index contributed by atoms with van der Waals surface area (Å²) in [4.78, 5) is 0. The molecule has 0 spiro atoms. The van der Waals surface area contributed by atoms with Crippen molar-refractivity contribution in [3.8, 4) is 0 Å². The van der Waals surface area contributed by atoms with Crippen LogP contribution in [0.15, 0.2) is 43.0 Å². The number of ether oxygens (including phenoxy) is 2. The molecule has 0 unspecified atom stereocenters. The normalized spacial score (nSPS) is 15.1. The van der Waals surface area contributed by atoms with Gasteiger partial charge in [0, 0.05) is 13.5 Å². The lowest BCUT2D eigenvalue weighted by Gasteiger charge is -2.40. The Labute approximate surface area is 149 Å². The summed E-state index contributed by atoms with van der Waals surface area (Å²) < 4.78 is 17.7. The van der Waals surface area contributed by atoms with E-state index in [0.29, 0.717) is 0 Å². The SMILES string of the molecule is C=CC[C@H](C[C@H](OCOC)c1ccccc1)O[Si](C)(C)C(C)(C)C. The van der Waals surface area contributed by atoms with Crippen LogP contribution in [0.4, 0.5) is 0 Å². The van der Waals surface area contributed by atoms with Crippen LogP contribution in [0.25, 0.3) is 0 Å². The van der Waals surface area contributed by atoms with Crippen molar-refractivity contribution in [3.63, 3.8) is 0 Å². The second kappa shape index (κ2) is 9.52. The van der Waals surface area contributed by atoms with Crippen LogP contribution in [0.3, 0.4) is 0 Å². The number of methoxy groups -OCH3 is 1. The lowest BCUT2D eigenvalue weighted by atomic mass is 10.0. The van der Waals surface area contributed by atoms with Gasteiger partial charge in [-0.3, -0.25) is 0 Å². The third-order valence-corrected chi connectivity index (χ3v) is 9.27. The summed E-state index contributed by atoms with van der Waals surface area (Å²) in [5, 5.41) is 0.183. The molecule has 0 fully saturated rings. The molecule has 0 amide bonds. The number of benzene rings is 1. The van der Waals surface area contributed by atoms with Crippen molar-refractivity contribution in [2.24, 2.45) is 0 Å². The van der Waals surface area contributed by atoms with Crippen molar-refractivity contribution in [1.82, 2.24) is 0 Å². The predicted molar refractivity (Wildman–Crippen MR) is 104 cm³/mol. The lowest BCUT2D eigenvalue weighted by Crippen LogP contribution is -2.44. The Bertz CT molecular complexity index is 479. The topological polar surface area (TPSA) is 27.7 Å². The van der Waals surface area contributed by atoms with Crippen molar-refractivity contribution in [3.05, 3.63) is 48.6 Å². The molecule has 0 radical (unpaired) electrons. The lowest BCUT2D eigenvalue weighted by molar-refractivity contribution is -0.0850. The Morgan fingerprint density at radius 1 is 1.17 bits per heavy atom. The quantitative estimate of drug-likeness (QED) is 0.307. The summed E-state index contributed by atoms with van der Waals surface area (Å²) in [5.41, 5.74) is 1.16. The van der Waals surface area contributed by atoms with Gasteiger partial charge in [0.05, 0.1) is 12.2 Å². The zero-order valence-corrected chi connectivity index (χ0v) is 17.2. The molecule has 24 heavy (non-hydrogen) atoms. The van der Waals surface area contributed by atoms with Crippen LogP contribution in [0, 0.1) is 0 Å². The van der Waals surface area contributed by atoms with Gasteiger partial charge in [-0.05, 0) is 30.1 Å². The number of hydrogen-bond donors (Lipinski definition) is 0. The van der Waals surface area contributed by atoms with E-state index >= 15 is 0 Å². The molecule has 1 rings (SSSR count). The van der Waals surface area contributed by atoms with E-state index in [0.717, 1.165) is 18.4 Å². The standard InChI is InChI=1S/C20H34O3Si/c1-8-12-18(23-24(6,7)20(2,3)4)15-19(22-16-21-5)17-13-10-9-11-14-17/h8-11,13-14,18-19H,1,12,15-16H2,2-7H3/t18-,19+/m1/s1. The molecule has 4 heteroatoms. The second-order valence-corrected chi connectivity index (χ2v) is 12.5. The molecule has 0 aliphatic heterocycles. The molecule has 0 bridgehead atoms. The van der Waals surface area contributed by atoms with Gasteiger partial charge in [0.15, 0.2) is 8.32 Å². The Morgan fingerprint density at radius 3 is 2.29 bits per heavy atom. The average molecular weight is 351 g/mol. The van der Waals surface area contributed by atoms with Crippen LogP contribution in [-0.4, -0.2) is 28.3 Å². The molecular weight excluding hydrogens is 316 g/mol. The van der Waals surface area contributed by atoms with Gasteiger partial charge in [-0.25, -0.2) is 0 Å². The van der Waals surface area contributed by atoms with Gasteiger partial charge in [0.25, 0.3) is 0 Å². The molecule has 0 aliphatic carbocycles. The third-order valence-electron chi connectivity index (χ3n) is 4.73. The van der Waals surface area contributed by atoms with Gasteiger partial charge >= 0.3 is 0 Å². The fourth-order valence-corrected chi connectivity index (χ4v) is 3.71. The Hall–Kier alpha value is -0.943. The van der Waals surface area contributed by atoms with Crippen molar-refractivity contribution in [2.75, 3.05) is 13.9 Å². The largest absolute Gasteiger partial charge is 0.414 e. The second-order valence-electron chi connectivity index (χ2n) is 7.73. The van der Waals surface area contributed by atoms with Crippen LogP contribution in [-0.2, 0) is 13.9 Å². The highest BCUT2D eigenvalue weighted by molar-refractivity contribution is 6.74. The minimum Gasteiger partial charge on any atom is -0.414 e. The van der Waals surface area contributed by atoms with Crippen molar-refractivity contribution < 1.29 is 13.9 Å². The van der Waals surface area contributed by atoms with E-state index in [1.54, 1.807) is 7.11 Å². The van der Waals surface area contributed by atoms with Gasteiger partial charge in [0.2, 0.25) is 0 Å². The summed E-state index contributed by atoms with van der Waals surface area (Å²) in [6.45, 7) is 15.6. The van der Waals surface area contributed by atoms with Gasteiger partial charge in [-0.15, -0.1) is 6.58 Å². The van der Waals surface area contributed by atoms with E-state index in [2.05, 4.69) is 52.6 Å². The Balaban J connectivity index is 2.91. The predicted octanol–water partition coefficient (Wildman–Crippen LogP) is 5.70. The van der Waals surface area contributed by atoms with Crippen molar-refractivity contribution in [1.29, 1.82) is 0 Å². The van der Waals surface area contributed by atoms with E-state index in [4.69, 9.17) is 13.9 Å². The van der Waals surface area contributed by atoms with Crippen LogP contribution in [0.2, 0.25) is 18.1 Å². The highest BCUT2D eigenvalue weighted by Gasteiger charge is 2.39. The van der Waals surface area contributed by atoms with E-state index in [9.17, 15) is 0 Å². The van der Waals surface area contributed by atoms with Gasteiger partial charge in [-0.1, -0.05) is 57.2 Å². The first-order chi connectivity index (χ1) is 11.2. The Morgan fingerprint density at radius 2 is 1.79 bits per heavy atom. The number of rotatable bonds is 10. The zero-order valence-electron chi connectivity index (χ0n) is 16.2. The highest BCUT2D eigenvalue weighted by atomic mass is 28.4. The highest BCUT2D eigenvalue weighted by Crippen LogP contribution is 2.39. The smallest absolute Gasteiger partial charge is 0.192 e. The van der Waals surface area contributed by atoms with E-state index in [1.807, 2.05) is 24.3 Å².